The molecule has 2 aromatic rings. The van der Waals surface area contributed by atoms with E-state index in [4.69, 9.17) is 15.4 Å². The Morgan fingerprint density at radius 3 is 3.05 bits per heavy atom. The predicted octanol–water partition coefficient (Wildman–Crippen LogP) is 1.10. The summed E-state index contributed by atoms with van der Waals surface area (Å²) in [4.78, 5) is 4.10. The SMILES string of the molecule is NC(=NO)c1ncccc1CNCCc1ccco1. The van der Waals surface area contributed by atoms with E-state index in [2.05, 4.69) is 15.5 Å². The highest BCUT2D eigenvalue weighted by atomic mass is 16.4. The summed E-state index contributed by atoms with van der Waals surface area (Å²) in [5, 5.41) is 14.9. The van der Waals surface area contributed by atoms with Crippen LogP contribution in [0.5, 0.6) is 0 Å². The van der Waals surface area contributed by atoms with Gasteiger partial charge in [-0.2, -0.15) is 0 Å². The fourth-order valence-corrected chi connectivity index (χ4v) is 1.75. The first-order valence-corrected chi connectivity index (χ1v) is 5.96. The number of oxime groups is 1. The van der Waals surface area contributed by atoms with Crippen molar-refractivity contribution < 1.29 is 9.62 Å². The highest BCUT2D eigenvalue weighted by Gasteiger charge is 2.07. The summed E-state index contributed by atoms with van der Waals surface area (Å²) in [6.45, 7) is 1.37. The largest absolute Gasteiger partial charge is 0.469 e. The van der Waals surface area contributed by atoms with Crippen molar-refractivity contribution in [1.82, 2.24) is 10.3 Å². The maximum absolute atomic E-state index is 8.70. The van der Waals surface area contributed by atoms with Crippen molar-refractivity contribution in [3.63, 3.8) is 0 Å². The number of hydrogen-bond acceptors (Lipinski definition) is 5. The average Bonchev–Trinajstić information content (AvgIpc) is 2.96. The fraction of sp³-hybridized carbons (Fsp3) is 0.231. The van der Waals surface area contributed by atoms with Crippen LogP contribution in [0.15, 0.2) is 46.3 Å². The lowest BCUT2D eigenvalue weighted by molar-refractivity contribution is 0.318. The Kier molecular flexibility index (Phi) is 4.52. The van der Waals surface area contributed by atoms with Crippen LogP contribution in [0.4, 0.5) is 0 Å². The monoisotopic (exact) mass is 260 g/mol. The van der Waals surface area contributed by atoms with Crippen LogP contribution < -0.4 is 11.1 Å². The van der Waals surface area contributed by atoms with Crippen molar-refractivity contribution >= 4 is 5.84 Å². The van der Waals surface area contributed by atoms with Crippen molar-refractivity contribution in [3.8, 4) is 0 Å². The number of amidine groups is 1. The lowest BCUT2D eigenvalue weighted by Gasteiger charge is -2.08. The summed E-state index contributed by atoms with van der Waals surface area (Å²) in [5.41, 5.74) is 6.95. The van der Waals surface area contributed by atoms with Crippen molar-refractivity contribution in [2.45, 2.75) is 13.0 Å². The summed E-state index contributed by atoms with van der Waals surface area (Å²) < 4.78 is 5.24. The summed E-state index contributed by atoms with van der Waals surface area (Å²) in [6.07, 6.45) is 4.08. The highest BCUT2D eigenvalue weighted by Crippen LogP contribution is 2.05. The molecule has 0 aliphatic heterocycles. The number of furan rings is 1. The van der Waals surface area contributed by atoms with Crippen molar-refractivity contribution in [2.24, 2.45) is 10.9 Å². The van der Waals surface area contributed by atoms with Gasteiger partial charge in [-0.1, -0.05) is 11.2 Å². The van der Waals surface area contributed by atoms with E-state index < -0.39 is 0 Å². The predicted molar refractivity (Wildman–Crippen MR) is 70.9 cm³/mol. The smallest absolute Gasteiger partial charge is 0.189 e. The van der Waals surface area contributed by atoms with Gasteiger partial charge in [0.1, 0.15) is 11.5 Å². The molecule has 0 saturated heterocycles. The van der Waals surface area contributed by atoms with Crippen LogP contribution in [0.3, 0.4) is 0 Å². The second kappa shape index (κ2) is 6.55. The molecule has 0 unspecified atom stereocenters. The molecule has 6 heteroatoms. The molecular formula is C13H16N4O2. The van der Waals surface area contributed by atoms with Gasteiger partial charge in [-0.15, -0.1) is 0 Å². The summed E-state index contributed by atoms with van der Waals surface area (Å²) in [5.74, 6) is 0.957. The normalized spacial score (nSPS) is 11.7. The van der Waals surface area contributed by atoms with Crippen LogP contribution in [-0.4, -0.2) is 22.6 Å². The molecule has 0 saturated carbocycles. The summed E-state index contributed by atoms with van der Waals surface area (Å²) >= 11 is 0. The molecule has 0 aliphatic rings. The molecule has 2 heterocycles. The zero-order valence-corrected chi connectivity index (χ0v) is 10.4. The minimum absolute atomic E-state index is 0.0171. The quantitative estimate of drug-likeness (QED) is 0.237. The molecule has 19 heavy (non-hydrogen) atoms. The van der Waals surface area contributed by atoms with E-state index in [1.807, 2.05) is 24.3 Å². The maximum atomic E-state index is 8.70. The highest BCUT2D eigenvalue weighted by molar-refractivity contribution is 5.96. The minimum atomic E-state index is 0.0171. The second-order valence-electron chi connectivity index (χ2n) is 4.00. The Morgan fingerprint density at radius 2 is 2.32 bits per heavy atom. The van der Waals surface area contributed by atoms with Gasteiger partial charge in [-0.05, 0) is 23.8 Å². The molecule has 0 fully saturated rings. The Hall–Kier alpha value is -2.34. The Bertz CT molecular complexity index is 537. The fourth-order valence-electron chi connectivity index (χ4n) is 1.75. The standard InChI is InChI=1S/C13H16N4O2/c14-13(17-18)12-10(3-1-6-16-12)9-15-7-5-11-4-2-8-19-11/h1-4,6,8,15,18H,5,7,9H2,(H2,14,17). The number of nitrogens with two attached hydrogens (primary N) is 1. The van der Waals surface area contributed by atoms with Gasteiger partial charge >= 0.3 is 0 Å². The van der Waals surface area contributed by atoms with Crippen LogP contribution in [0, 0.1) is 0 Å². The number of aromatic nitrogens is 1. The van der Waals surface area contributed by atoms with E-state index >= 15 is 0 Å². The molecule has 0 aliphatic carbocycles. The van der Waals surface area contributed by atoms with Crippen LogP contribution in [0.25, 0.3) is 0 Å². The average molecular weight is 260 g/mol. The van der Waals surface area contributed by atoms with Crippen molar-refractivity contribution in [2.75, 3.05) is 6.54 Å². The van der Waals surface area contributed by atoms with Gasteiger partial charge in [0.15, 0.2) is 5.84 Å². The molecule has 2 aromatic heterocycles. The van der Waals surface area contributed by atoms with Crippen LogP contribution in [0.1, 0.15) is 17.0 Å². The molecule has 4 N–H and O–H groups in total. The molecule has 0 radical (unpaired) electrons. The number of pyridine rings is 1. The number of nitrogens with zero attached hydrogens (tertiary/aromatic N) is 2. The van der Waals surface area contributed by atoms with Crippen LogP contribution in [-0.2, 0) is 13.0 Å². The number of hydrogen-bond donors (Lipinski definition) is 3. The van der Waals surface area contributed by atoms with Gasteiger partial charge in [-0.3, -0.25) is 4.98 Å². The number of rotatable bonds is 6. The maximum Gasteiger partial charge on any atom is 0.189 e. The molecule has 6 nitrogen and oxygen atoms in total. The zero-order chi connectivity index (χ0) is 13.5. The lowest BCUT2D eigenvalue weighted by Crippen LogP contribution is -2.22. The van der Waals surface area contributed by atoms with Crippen molar-refractivity contribution in [1.29, 1.82) is 0 Å². The van der Waals surface area contributed by atoms with Crippen LogP contribution >= 0.6 is 0 Å². The topological polar surface area (TPSA) is 96.7 Å². The third-order valence-electron chi connectivity index (χ3n) is 2.69. The van der Waals surface area contributed by atoms with Gasteiger partial charge in [0.25, 0.3) is 0 Å². The van der Waals surface area contributed by atoms with E-state index in [0.717, 1.165) is 24.3 Å². The molecule has 0 amide bonds. The van der Waals surface area contributed by atoms with Crippen LogP contribution in [0.2, 0.25) is 0 Å². The third-order valence-corrected chi connectivity index (χ3v) is 2.69. The minimum Gasteiger partial charge on any atom is -0.469 e. The summed E-state index contributed by atoms with van der Waals surface area (Å²) in [6, 6.07) is 7.51. The Morgan fingerprint density at radius 1 is 1.42 bits per heavy atom. The third kappa shape index (κ3) is 3.56. The van der Waals surface area contributed by atoms with E-state index in [-0.39, 0.29) is 5.84 Å². The molecular weight excluding hydrogens is 244 g/mol. The first-order chi connectivity index (χ1) is 9.31. The molecule has 0 bridgehead atoms. The Labute approximate surface area is 110 Å². The van der Waals surface area contributed by atoms with E-state index in [1.165, 1.54) is 0 Å². The van der Waals surface area contributed by atoms with Crippen molar-refractivity contribution in [3.05, 3.63) is 53.7 Å². The summed E-state index contributed by atoms with van der Waals surface area (Å²) in [7, 11) is 0. The molecule has 100 valence electrons. The zero-order valence-electron chi connectivity index (χ0n) is 10.4. The van der Waals surface area contributed by atoms with Gasteiger partial charge in [0.2, 0.25) is 0 Å². The van der Waals surface area contributed by atoms with E-state index in [1.54, 1.807) is 12.5 Å². The first kappa shape index (κ1) is 13.1. The Balaban J connectivity index is 1.89. The van der Waals surface area contributed by atoms with E-state index in [9.17, 15) is 0 Å². The van der Waals surface area contributed by atoms with Gasteiger partial charge in [0.05, 0.1) is 6.26 Å². The molecule has 0 spiro atoms. The molecule has 0 aromatic carbocycles. The first-order valence-electron chi connectivity index (χ1n) is 5.96. The second-order valence-corrected chi connectivity index (χ2v) is 4.00. The lowest BCUT2D eigenvalue weighted by atomic mass is 10.2. The van der Waals surface area contributed by atoms with Gasteiger partial charge in [0, 0.05) is 25.7 Å². The van der Waals surface area contributed by atoms with Gasteiger partial charge in [-0.25, -0.2) is 0 Å². The molecule has 0 atom stereocenters. The molecule has 2 rings (SSSR count). The van der Waals surface area contributed by atoms with E-state index in [0.29, 0.717) is 12.2 Å². The van der Waals surface area contributed by atoms with Gasteiger partial charge < -0.3 is 20.7 Å². The number of nitrogens with one attached hydrogen (secondary N) is 1.